The molecule has 2 rings (SSSR count). The van der Waals surface area contributed by atoms with Crippen LogP contribution in [-0.4, -0.2) is 19.0 Å². The van der Waals surface area contributed by atoms with Gasteiger partial charge in [-0.05, 0) is 18.2 Å². The second-order valence-electron chi connectivity index (χ2n) is 3.47. The fourth-order valence-electron chi connectivity index (χ4n) is 1.44. The highest BCUT2D eigenvalue weighted by atomic mass is 35.5. The highest BCUT2D eigenvalue weighted by Crippen LogP contribution is 2.31. The summed E-state index contributed by atoms with van der Waals surface area (Å²) in [6.45, 7) is 0. The summed E-state index contributed by atoms with van der Waals surface area (Å²) in [6, 6.07) is 2.55. The summed E-state index contributed by atoms with van der Waals surface area (Å²) >= 11 is 12.0. The number of amides is 3. The van der Waals surface area contributed by atoms with Gasteiger partial charge in [-0.25, -0.2) is 4.79 Å². The first-order chi connectivity index (χ1) is 8.51. The van der Waals surface area contributed by atoms with Crippen molar-refractivity contribution in [3.63, 3.8) is 0 Å². The van der Waals surface area contributed by atoms with Crippen LogP contribution < -0.4 is 15.4 Å². The monoisotopic (exact) mass is 286 g/mol. The van der Waals surface area contributed by atoms with Crippen molar-refractivity contribution in [2.75, 3.05) is 7.11 Å². The Bertz CT molecular complexity index is 546. The first-order valence-corrected chi connectivity index (χ1v) is 5.64. The van der Waals surface area contributed by atoms with Gasteiger partial charge in [0, 0.05) is 5.56 Å². The van der Waals surface area contributed by atoms with Gasteiger partial charge in [-0.15, -0.1) is 0 Å². The number of carbonyl (C=O) groups excluding carboxylic acids is 2. The lowest BCUT2D eigenvalue weighted by Gasteiger charge is -2.06. The number of benzene rings is 1. The highest BCUT2D eigenvalue weighted by Gasteiger charge is 2.23. The minimum Gasteiger partial charge on any atom is -0.497 e. The fraction of sp³-hybridized carbons (Fsp3) is 0.0909. The molecule has 1 saturated heterocycles. The number of methoxy groups -OCH3 is 1. The summed E-state index contributed by atoms with van der Waals surface area (Å²) in [5.74, 6) is -0.0185. The molecule has 1 aromatic rings. The Morgan fingerprint density at radius 3 is 2.22 bits per heavy atom. The molecule has 7 heteroatoms. The maximum Gasteiger partial charge on any atom is 0.326 e. The van der Waals surface area contributed by atoms with Crippen molar-refractivity contribution < 1.29 is 14.3 Å². The van der Waals surface area contributed by atoms with Crippen molar-refractivity contribution in [1.82, 2.24) is 10.6 Å². The van der Waals surface area contributed by atoms with Gasteiger partial charge in [0.2, 0.25) is 0 Å². The molecule has 5 nitrogen and oxygen atoms in total. The molecule has 1 heterocycles. The van der Waals surface area contributed by atoms with E-state index < -0.39 is 11.9 Å². The normalized spacial score (nSPS) is 16.7. The van der Waals surface area contributed by atoms with E-state index in [0.29, 0.717) is 21.4 Å². The Kier molecular flexibility index (Phi) is 3.45. The summed E-state index contributed by atoms with van der Waals surface area (Å²) in [7, 11) is 1.49. The minimum atomic E-state index is -0.577. The number of rotatable bonds is 2. The number of urea groups is 1. The van der Waals surface area contributed by atoms with Gasteiger partial charge >= 0.3 is 6.03 Å². The molecule has 2 N–H and O–H groups in total. The zero-order valence-corrected chi connectivity index (χ0v) is 10.7. The van der Waals surface area contributed by atoms with Crippen LogP contribution in [0.15, 0.2) is 17.8 Å². The van der Waals surface area contributed by atoms with Crippen molar-refractivity contribution in [3.8, 4) is 5.75 Å². The van der Waals surface area contributed by atoms with Gasteiger partial charge in [0.1, 0.15) is 11.4 Å². The third-order valence-corrected chi connectivity index (χ3v) is 2.92. The Morgan fingerprint density at radius 2 is 1.78 bits per heavy atom. The van der Waals surface area contributed by atoms with E-state index in [1.807, 2.05) is 0 Å². The molecule has 0 spiro atoms. The van der Waals surface area contributed by atoms with Crippen molar-refractivity contribution in [2.24, 2.45) is 0 Å². The van der Waals surface area contributed by atoms with Gasteiger partial charge in [-0.3, -0.25) is 10.1 Å². The maximum absolute atomic E-state index is 11.4. The van der Waals surface area contributed by atoms with Crippen LogP contribution in [0.2, 0.25) is 10.0 Å². The number of ether oxygens (including phenoxy) is 1. The molecule has 1 aliphatic heterocycles. The molecule has 1 aromatic carbocycles. The molecule has 94 valence electrons. The summed E-state index contributed by atoms with van der Waals surface area (Å²) < 4.78 is 5.00. The second-order valence-corrected chi connectivity index (χ2v) is 4.29. The molecule has 0 aliphatic carbocycles. The van der Waals surface area contributed by atoms with E-state index in [9.17, 15) is 9.59 Å². The van der Waals surface area contributed by atoms with Gasteiger partial charge in [0.05, 0.1) is 17.2 Å². The summed E-state index contributed by atoms with van der Waals surface area (Å²) in [5.41, 5.74) is 0.528. The number of hydrogen-bond donors (Lipinski definition) is 2. The lowest BCUT2D eigenvalue weighted by Crippen LogP contribution is -2.22. The molecule has 3 amide bonds. The van der Waals surface area contributed by atoms with Crippen LogP contribution >= 0.6 is 23.2 Å². The first-order valence-electron chi connectivity index (χ1n) is 4.88. The number of nitrogens with one attached hydrogen (secondary N) is 2. The Hall–Kier alpha value is -1.72. The summed E-state index contributed by atoms with van der Waals surface area (Å²) in [5, 5.41) is 5.07. The minimum absolute atomic E-state index is 0.0916. The van der Waals surface area contributed by atoms with Gasteiger partial charge in [0.15, 0.2) is 0 Å². The van der Waals surface area contributed by atoms with Crippen LogP contribution in [0.5, 0.6) is 5.75 Å². The number of carbonyl (C=O) groups is 2. The molecule has 0 radical (unpaired) electrons. The topological polar surface area (TPSA) is 67.4 Å². The van der Waals surface area contributed by atoms with Crippen LogP contribution in [0.4, 0.5) is 4.79 Å². The largest absolute Gasteiger partial charge is 0.497 e. The third-order valence-electron chi connectivity index (χ3n) is 2.30. The van der Waals surface area contributed by atoms with Gasteiger partial charge in [-0.2, -0.15) is 0 Å². The molecule has 0 aromatic heterocycles. The van der Waals surface area contributed by atoms with E-state index in [4.69, 9.17) is 27.9 Å². The molecular formula is C11H8Cl2N2O3. The SMILES string of the molecule is COc1cc(Cl)c(C=C2NC(=O)NC2=O)c(Cl)c1. The molecule has 18 heavy (non-hydrogen) atoms. The zero-order valence-electron chi connectivity index (χ0n) is 9.21. The molecule has 0 atom stereocenters. The van der Waals surface area contributed by atoms with E-state index in [2.05, 4.69) is 10.6 Å². The van der Waals surface area contributed by atoms with Gasteiger partial charge in [-0.1, -0.05) is 23.2 Å². The predicted octanol–water partition coefficient (Wildman–Crippen LogP) is 2.18. The van der Waals surface area contributed by atoms with E-state index >= 15 is 0 Å². The quantitative estimate of drug-likeness (QED) is 0.647. The smallest absolute Gasteiger partial charge is 0.326 e. The summed E-state index contributed by atoms with van der Waals surface area (Å²) in [6.07, 6.45) is 1.41. The maximum atomic E-state index is 11.4. The van der Waals surface area contributed by atoms with E-state index in [-0.39, 0.29) is 5.70 Å². The first kappa shape index (κ1) is 12.7. The highest BCUT2D eigenvalue weighted by molar-refractivity contribution is 6.37. The molecule has 0 unspecified atom stereocenters. The average Bonchev–Trinajstić information content (AvgIpc) is 2.62. The van der Waals surface area contributed by atoms with Gasteiger partial charge < -0.3 is 10.1 Å². The van der Waals surface area contributed by atoms with Crippen LogP contribution in [0, 0.1) is 0 Å². The second kappa shape index (κ2) is 4.88. The number of hydrogen-bond acceptors (Lipinski definition) is 3. The van der Waals surface area contributed by atoms with Crippen LogP contribution in [0.1, 0.15) is 5.56 Å². The Morgan fingerprint density at radius 1 is 1.17 bits per heavy atom. The molecule has 0 saturated carbocycles. The molecule has 1 aliphatic rings. The fourth-order valence-corrected chi connectivity index (χ4v) is 2.02. The van der Waals surface area contributed by atoms with Crippen molar-refractivity contribution in [1.29, 1.82) is 0 Å². The van der Waals surface area contributed by atoms with E-state index in [0.717, 1.165) is 0 Å². The van der Waals surface area contributed by atoms with Crippen LogP contribution in [0.25, 0.3) is 6.08 Å². The Labute approximate surface area is 113 Å². The zero-order chi connectivity index (χ0) is 13.3. The van der Waals surface area contributed by atoms with E-state index in [1.54, 1.807) is 12.1 Å². The van der Waals surface area contributed by atoms with Crippen LogP contribution in [0.3, 0.4) is 0 Å². The van der Waals surface area contributed by atoms with Crippen LogP contribution in [-0.2, 0) is 4.79 Å². The van der Waals surface area contributed by atoms with Crippen molar-refractivity contribution in [2.45, 2.75) is 0 Å². The van der Waals surface area contributed by atoms with Crippen molar-refractivity contribution >= 4 is 41.2 Å². The van der Waals surface area contributed by atoms with Gasteiger partial charge in [0.25, 0.3) is 5.91 Å². The lowest BCUT2D eigenvalue weighted by atomic mass is 10.1. The van der Waals surface area contributed by atoms with Crippen molar-refractivity contribution in [3.05, 3.63) is 33.4 Å². The van der Waals surface area contributed by atoms with E-state index in [1.165, 1.54) is 13.2 Å². The molecule has 1 fully saturated rings. The standard InChI is InChI=1S/C11H8Cl2N2O3/c1-18-5-2-7(12)6(8(13)3-5)4-9-10(16)15-11(17)14-9/h2-4H,1H3,(H2,14,15,16,17). The lowest BCUT2D eigenvalue weighted by molar-refractivity contribution is -0.115. The molecule has 0 bridgehead atoms. The number of halogens is 2. The molecular weight excluding hydrogens is 279 g/mol. The Balaban J connectivity index is 2.44. The summed E-state index contributed by atoms with van der Waals surface area (Å²) in [4.78, 5) is 22.3. The average molecular weight is 287 g/mol. The third kappa shape index (κ3) is 2.42. The predicted molar refractivity (Wildman–Crippen MR) is 67.7 cm³/mol. The number of imide groups is 1.